The topological polar surface area (TPSA) is 0 Å². The van der Waals surface area contributed by atoms with Crippen LogP contribution >= 0.6 is 0 Å². The van der Waals surface area contributed by atoms with Gasteiger partial charge in [0, 0.05) is 0 Å². The normalized spacial score (nSPS) is 12.1. The van der Waals surface area contributed by atoms with E-state index in [1.165, 1.54) is 37.7 Å². The van der Waals surface area contributed by atoms with Gasteiger partial charge in [-0.15, -0.1) is 0 Å². The summed E-state index contributed by atoms with van der Waals surface area (Å²) in [5, 5.41) is 0. The van der Waals surface area contributed by atoms with Gasteiger partial charge >= 0.3 is 0 Å². The Balaban J connectivity index is 3.27. The fourth-order valence-corrected chi connectivity index (χ4v) is 1.03. The van der Waals surface area contributed by atoms with Gasteiger partial charge in [-0.05, 0) is 26.2 Å². The third kappa shape index (κ3) is 4.60. The molecule has 0 aromatic heterocycles. The Kier molecular flexibility index (Phi) is 6.68. The Morgan fingerprint density at radius 3 is 2.40 bits per heavy atom. The predicted molar refractivity (Wildman–Crippen MR) is 47.9 cm³/mol. The third-order valence-electron chi connectivity index (χ3n) is 1.84. The summed E-state index contributed by atoms with van der Waals surface area (Å²) in [6, 6.07) is 0. The zero-order valence-corrected chi connectivity index (χ0v) is 7.32. The lowest BCUT2D eigenvalue weighted by Crippen LogP contribution is -1.81. The predicted octanol–water partition coefficient (Wildman–Crippen LogP) is 3.74. The first-order valence-electron chi connectivity index (χ1n) is 4.32. The van der Waals surface area contributed by atoms with E-state index in [1.807, 2.05) is 6.08 Å². The standard InChI is InChI=1S/C10H19/c1-4-7-8-9-10(5-2)6-3/h5H,2,4,6-9H2,1,3H3/b10-5+. The molecule has 0 saturated heterocycles. The van der Waals surface area contributed by atoms with Gasteiger partial charge in [0.2, 0.25) is 0 Å². The fraction of sp³-hybridized carbons (Fsp3) is 0.700. The first-order chi connectivity index (χ1) is 4.85. The minimum Gasteiger partial charge on any atom is -0.0850 e. The van der Waals surface area contributed by atoms with Crippen molar-refractivity contribution in [1.82, 2.24) is 0 Å². The molecule has 0 spiro atoms. The molecule has 0 bridgehead atoms. The van der Waals surface area contributed by atoms with Gasteiger partial charge in [0.05, 0.1) is 0 Å². The minimum absolute atomic E-state index is 1.17. The van der Waals surface area contributed by atoms with Crippen molar-refractivity contribution in [2.75, 3.05) is 0 Å². The Labute approximate surface area is 65.3 Å². The highest BCUT2D eigenvalue weighted by atomic mass is 14.0. The lowest BCUT2D eigenvalue weighted by molar-refractivity contribution is 0.702. The monoisotopic (exact) mass is 139 g/mol. The maximum absolute atomic E-state index is 3.77. The van der Waals surface area contributed by atoms with Crippen LogP contribution in [0.2, 0.25) is 0 Å². The zero-order chi connectivity index (χ0) is 7.82. The molecule has 0 fully saturated rings. The molecule has 0 saturated carbocycles. The average Bonchev–Trinajstić information content (AvgIpc) is 1.99. The summed E-state index contributed by atoms with van der Waals surface area (Å²) in [4.78, 5) is 0. The van der Waals surface area contributed by atoms with Crippen molar-refractivity contribution in [3.05, 3.63) is 18.6 Å². The molecule has 0 heterocycles. The van der Waals surface area contributed by atoms with Crippen molar-refractivity contribution in [2.24, 2.45) is 0 Å². The number of hydrogen-bond donors (Lipinski definition) is 0. The number of unbranched alkanes of at least 4 members (excludes halogenated alkanes) is 2. The third-order valence-corrected chi connectivity index (χ3v) is 1.84. The quantitative estimate of drug-likeness (QED) is 0.509. The molecule has 0 aromatic rings. The van der Waals surface area contributed by atoms with Crippen LogP contribution in [0.5, 0.6) is 0 Å². The summed E-state index contributed by atoms with van der Waals surface area (Å²) in [6.07, 6.45) is 8.45. The van der Waals surface area contributed by atoms with Gasteiger partial charge in [-0.2, -0.15) is 0 Å². The Morgan fingerprint density at radius 1 is 1.30 bits per heavy atom. The largest absolute Gasteiger partial charge is 0.0850 e. The van der Waals surface area contributed by atoms with Crippen molar-refractivity contribution in [3.8, 4) is 0 Å². The van der Waals surface area contributed by atoms with Crippen LogP contribution in [-0.4, -0.2) is 0 Å². The van der Waals surface area contributed by atoms with E-state index in [-0.39, 0.29) is 0 Å². The fourth-order valence-electron chi connectivity index (χ4n) is 1.03. The highest BCUT2D eigenvalue weighted by Crippen LogP contribution is 2.11. The summed E-state index contributed by atoms with van der Waals surface area (Å²) in [5.41, 5.74) is 1.51. The number of allylic oxidation sites excluding steroid dienone is 2. The zero-order valence-electron chi connectivity index (χ0n) is 7.32. The maximum Gasteiger partial charge on any atom is -0.0313 e. The molecule has 0 unspecified atom stereocenters. The molecule has 0 nitrogen and oxygen atoms in total. The molecular formula is C10H19. The second-order valence-electron chi connectivity index (χ2n) is 2.67. The molecule has 0 rings (SSSR count). The SMILES string of the molecule is [CH2]/C=C(\CC)CCCCC. The number of hydrogen-bond acceptors (Lipinski definition) is 0. The van der Waals surface area contributed by atoms with Crippen LogP contribution in [0.1, 0.15) is 46.0 Å². The van der Waals surface area contributed by atoms with E-state index in [0.29, 0.717) is 0 Å². The molecule has 1 radical (unpaired) electrons. The second-order valence-corrected chi connectivity index (χ2v) is 2.67. The first-order valence-corrected chi connectivity index (χ1v) is 4.32. The molecule has 0 aromatic carbocycles. The molecule has 10 heavy (non-hydrogen) atoms. The Hall–Kier alpha value is -0.260. The number of rotatable bonds is 5. The van der Waals surface area contributed by atoms with E-state index in [9.17, 15) is 0 Å². The van der Waals surface area contributed by atoms with E-state index in [2.05, 4.69) is 20.8 Å². The van der Waals surface area contributed by atoms with Crippen molar-refractivity contribution >= 4 is 0 Å². The van der Waals surface area contributed by atoms with Crippen molar-refractivity contribution in [3.63, 3.8) is 0 Å². The van der Waals surface area contributed by atoms with Crippen LogP contribution in [0, 0.1) is 6.92 Å². The van der Waals surface area contributed by atoms with Crippen LogP contribution in [0.3, 0.4) is 0 Å². The highest BCUT2D eigenvalue weighted by molar-refractivity contribution is 5.02. The van der Waals surface area contributed by atoms with Gasteiger partial charge in [0.25, 0.3) is 0 Å². The molecule has 0 heteroatoms. The smallest absolute Gasteiger partial charge is 0.0313 e. The maximum atomic E-state index is 3.77. The average molecular weight is 139 g/mol. The van der Waals surface area contributed by atoms with E-state index >= 15 is 0 Å². The van der Waals surface area contributed by atoms with Crippen LogP contribution < -0.4 is 0 Å². The molecule has 0 aliphatic heterocycles. The van der Waals surface area contributed by atoms with E-state index in [0.717, 1.165) is 0 Å². The van der Waals surface area contributed by atoms with Gasteiger partial charge in [-0.1, -0.05) is 38.3 Å². The van der Waals surface area contributed by atoms with Crippen LogP contribution in [0.4, 0.5) is 0 Å². The summed E-state index contributed by atoms with van der Waals surface area (Å²) >= 11 is 0. The molecule has 0 N–H and O–H groups in total. The van der Waals surface area contributed by atoms with Crippen LogP contribution in [0.15, 0.2) is 11.6 Å². The first kappa shape index (κ1) is 9.74. The molecule has 59 valence electrons. The van der Waals surface area contributed by atoms with E-state index in [4.69, 9.17) is 0 Å². The lowest BCUT2D eigenvalue weighted by atomic mass is 10.1. The van der Waals surface area contributed by atoms with Gasteiger partial charge in [-0.3, -0.25) is 0 Å². The van der Waals surface area contributed by atoms with Crippen LogP contribution in [0.25, 0.3) is 0 Å². The summed E-state index contributed by atoms with van der Waals surface area (Å²) in [5.74, 6) is 0. The van der Waals surface area contributed by atoms with Gasteiger partial charge < -0.3 is 0 Å². The van der Waals surface area contributed by atoms with Crippen molar-refractivity contribution in [2.45, 2.75) is 46.0 Å². The minimum atomic E-state index is 1.17. The second kappa shape index (κ2) is 6.85. The van der Waals surface area contributed by atoms with Crippen LogP contribution in [-0.2, 0) is 0 Å². The Bertz CT molecular complexity index is 90.2. The lowest BCUT2D eigenvalue weighted by Gasteiger charge is -2.01. The van der Waals surface area contributed by atoms with E-state index < -0.39 is 0 Å². The van der Waals surface area contributed by atoms with E-state index in [1.54, 1.807) is 0 Å². The van der Waals surface area contributed by atoms with Gasteiger partial charge in [0.15, 0.2) is 0 Å². The highest BCUT2D eigenvalue weighted by Gasteiger charge is 1.91. The summed E-state index contributed by atoms with van der Waals surface area (Å²) < 4.78 is 0. The van der Waals surface area contributed by atoms with Gasteiger partial charge in [0.1, 0.15) is 0 Å². The van der Waals surface area contributed by atoms with Gasteiger partial charge in [-0.25, -0.2) is 0 Å². The Morgan fingerprint density at radius 2 is 2.00 bits per heavy atom. The molecule has 0 aliphatic carbocycles. The van der Waals surface area contributed by atoms with Crippen molar-refractivity contribution in [1.29, 1.82) is 0 Å². The molecule has 0 aliphatic rings. The molecule has 0 atom stereocenters. The summed E-state index contributed by atoms with van der Waals surface area (Å²) in [6.45, 7) is 8.21. The van der Waals surface area contributed by atoms with Crippen molar-refractivity contribution < 1.29 is 0 Å². The molecular weight excluding hydrogens is 120 g/mol. The molecule has 0 amide bonds. The summed E-state index contributed by atoms with van der Waals surface area (Å²) in [7, 11) is 0.